The Morgan fingerprint density at radius 3 is 1.15 bits per heavy atom. The van der Waals surface area contributed by atoms with Crippen molar-refractivity contribution >= 4 is 41.4 Å². The van der Waals surface area contributed by atoms with Gasteiger partial charge >= 0.3 is 0 Å². The summed E-state index contributed by atoms with van der Waals surface area (Å²) in [5.74, 6) is 0.709. The van der Waals surface area contributed by atoms with Crippen LogP contribution in [0.5, 0.6) is 0 Å². The van der Waals surface area contributed by atoms with Crippen LogP contribution < -0.4 is 26.6 Å². The summed E-state index contributed by atoms with van der Waals surface area (Å²) in [6.07, 6.45) is -5.28. The third-order valence-corrected chi connectivity index (χ3v) is 10.0. The van der Waals surface area contributed by atoms with Crippen LogP contribution in [-0.2, 0) is 38.3 Å². The van der Waals surface area contributed by atoms with Gasteiger partial charge in [-0.15, -0.1) is 0 Å². The summed E-state index contributed by atoms with van der Waals surface area (Å²) in [4.78, 5) is 82.3. The second-order valence-electron chi connectivity index (χ2n) is 19.7. The Kier molecular flexibility index (Phi) is 52.5. The highest BCUT2D eigenvalue weighted by molar-refractivity contribution is 5.80. The Hall–Kier alpha value is -3.99. The molecule has 1 fully saturated rings. The van der Waals surface area contributed by atoms with E-state index in [9.17, 15) is 48.9 Å². The SMILES string of the molecule is CC(C)C(=O)N(C)C.CC(C)C(=O)NC1C(O)OC(CO)C(O)C1O.CC(C)C(=O)NCCO.CC(C)NC(=O)C(C)C.CCN(CC)C(=O)C(C)C.CCN(CC)CCNC(=O)C(C)C.CNC(=O)C(C)C. The minimum Gasteiger partial charge on any atom is -0.395 e. The van der Waals surface area contributed by atoms with Gasteiger partial charge in [-0.2, -0.15) is 0 Å². The van der Waals surface area contributed by atoms with Gasteiger partial charge in [-0.05, 0) is 40.8 Å². The van der Waals surface area contributed by atoms with E-state index >= 15 is 0 Å². The minimum atomic E-state index is -1.46. The van der Waals surface area contributed by atoms with Gasteiger partial charge < -0.3 is 71.6 Å². The molecular weight excluding hydrogens is 945 g/mol. The molecule has 21 heteroatoms. The number of aliphatic hydroxyl groups excluding tert-OH is 5. The summed E-state index contributed by atoms with van der Waals surface area (Å²) in [5.41, 5.74) is 0. The second-order valence-corrected chi connectivity index (χ2v) is 19.7. The maximum absolute atomic E-state index is 11.4. The highest BCUT2D eigenvalue weighted by atomic mass is 16.6. The second kappa shape index (κ2) is 47.7. The van der Waals surface area contributed by atoms with Crippen molar-refractivity contribution in [1.82, 2.24) is 41.3 Å². The number of carbonyl (C=O) groups is 7. The van der Waals surface area contributed by atoms with E-state index in [1.165, 1.54) is 0 Å². The summed E-state index contributed by atoms with van der Waals surface area (Å²) in [7, 11) is 5.17. The van der Waals surface area contributed by atoms with Crippen LogP contribution >= 0.6 is 0 Å². The molecule has 1 aliphatic rings. The topological polar surface area (TPSA) is 300 Å². The first-order chi connectivity index (χ1) is 33.6. The maximum Gasteiger partial charge on any atom is 0.225 e. The zero-order chi connectivity index (χ0) is 58.9. The largest absolute Gasteiger partial charge is 0.395 e. The molecule has 10 N–H and O–H groups in total. The predicted octanol–water partition coefficient (Wildman–Crippen LogP) is 2.21. The lowest BCUT2D eigenvalue weighted by atomic mass is 9.96. The smallest absolute Gasteiger partial charge is 0.225 e. The first kappa shape index (κ1) is 80.4. The van der Waals surface area contributed by atoms with Gasteiger partial charge in [0.15, 0.2) is 6.29 Å². The molecule has 21 nitrogen and oxygen atoms in total. The standard InChI is InChI=1S/C10H22N2O.C10H19NO6.C8H17NO.C7H15NO.C6H13NO2.C6H13NO.C5H11NO/c1-5-12(6-2)8-7-11-10(13)9(3)4;1-4(2)9(15)11-6-8(14)7(13)5(3-12)17-10(6)16;1-5-9(6-2)8(10)7(3)4;1-5(2)7(9)8-6(3)4;1-5(2)6(9)7-3-4-8;1-5(2)6(8)7(3)4;1-4(2)5(7)6-3/h9H,5-8H2,1-4H3,(H,11,13);4-8,10,12-14,16H,3H2,1-2H3,(H,11,15);7H,5-6H2,1-4H3;5-6H,1-4H3,(H,8,9);5,8H,3-4H2,1-2H3,(H,7,9);5H,1-4H3;4H,1-3H3,(H,6,7). The molecule has 1 saturated heterocycles. The number of carbonyl (C=O) groups excluding carboxylic acids is 7. The lowest BCUT2D eigenvalue weighted by molar-refractivity contribution is -0.254. The van der Waals surface area contributed by atoms with Crippen molar-refractivity contribution in [3.8, 4) is 0 Å². The Bertz CT molecular complexity index is 1430. The van der Waals surface area contributed by atoms with Gasteiger partial charge in [-0.25, -0.2) is 0 Å². The van der Waals surface area contributed by atoms with E-state index in [0.29, 0.717) is 6.54 Å². The molecule has 0 spiro atoms. The van der Waals surface area contributed by atoms with Crippen LogP contribution in [0.15, 0.2) is 0 Å². The third-order valence-electron chi connectivity index (χ3n) is 10.0. The van der Waals surface area contributed by atoms with Gasteiger partial charge in [0.2, 0.25) is 41.4 Å². The van der Waals surface area contributed by atoms with Crippen molar-refractivity contribution in [2.45, 2.75) is 175 Å². The van der Waals surface area contributed by atoms with E-state index in [-0.39, 0.29) is 95.4 Å². The van der Waals surface area contributed by atoms with E-state index in [2.05, 4.69) is 45.3 Å². The fraction of sp³-hybridized carbons (Fsp3) is 0.865. The highest BCUT2D eigenvalue weighted by Gasteiger charge is 2.44. The summed E-state index contributed by atoms with van der Waals surface area (Å²) in [6.45, 7) is 43.4. The van der Waals surface area contributed by atoms with Crippen molar-refractivity contribution in [1.29, 1.82) is 0 Å². The van der Waals surface area contributed by atoms with Gasteiger partial charge in [0, 0.05) is 101 Å². The van der Waals surface area contributed by atoms with Crippen LogP contribution in [0.2, 0.25) is 0 Å². The van der Waals surface area contributed by atoms with Crippen molar-refractivity contribution in [2.24, 2.45) is 41.4 Å². The molecule has 0 aromatic carbocycles. The number of hydrogen-bond acceptors (Lipinski definition) is 14. The number of ether oxygens (including phenoxy) is 1. The summed E-state index contributed by atoms with van der Waals surface area (Å²) < 4.78 is 4.89. The van der Waals surface area contributed by atoms with Crippen LogP contribution in [0.3, 0.4) is 0 Å². The number of nitrogens with one attached hydrogen (secondary N) is 5. The molecule has 1 heterocycles. The number of nitrogens with zero attached hydrogens (tertiary/aromatic N) is 3. The molecule has 5 atom stereocenters. The molecule has 1 aliphatic heterocycles. The molecule has 0 aliphatic carbocycles. The fourth-order valence-corrected chi connectivity index (χ4v) is 5.20. The van der Waals surface area contributed by atoms with Gasteiger partial charge in [0.25, 0.3) is 0 Å². The third kappa shape index (κ3) is 44.1. The van der Waals surface area contributed by atoms with E-state index in [1.807, 2.05) is 116 Å². The normalized spacial score (nSPS) is 16.6. The molecule has 0 aromatic heterocycles. The molecule has 0 bridgehead atoms. The molecule has 7 amide bonds. The first-order valence-corrected chi connectivity index (χ1v) is 26.1. The molecular formula is C52H110N8O13. The van der Waals surface area contributed by atoms with Gasteiger partial charge in [-0.3, -0.25) is 33.6 Å². The lowest BCUT2D eigenvalue weighted by Gasteiger charge is -2.40. The zero-order valence-electron chi connectivity index (χ0n) is 49.7. The molecule has 5 unspecified atom stereocenters. The number of rotatable bonds is 19. The molecule has 0 radical (unpaired) electrons. The van der Waals surface area contributed by atoms with Crippen LogP contribution in [0, 0.1) is 41.4 Å². The molecule has 73 heavy (non-hydrogen) atoms. The predicted molar refractivity (Wildman–Crippen MR) is 291 cm³/mol. The van der Waals surface area contributed by atoms with E-state index in [4.69, 9.17) is 14.9 Å². The average molecular weight is 1060 g/mol. The monoisotopic (exact) mass is 1050 g/mol. The van der Waals surface area contributed by atoms with E-state index in [1.54, 1.807) is 39.9 Å². The lowest BCUT2D eigenvalue weighted by Crippen LogP contribution is -2.64. The van der Waals surface area contributed by atoms with Crippen LogP contribution in [-0.4, -0.2) is 198 Å². The summed E-state index contributed by atoms with van der Waals surface area (Å²) in [6, 6.07) is -0.845. The van der Waals surface area contributed by atoms with Crippen molar-refractivity contribution < 1.29 is 63.8 Å². The average Bonchev–Trinajstić information content (AvgIpc) is 3.32. The quantitative estimate of drug-likeness (QED) is 0.0888. The van der Waals surface area contributed by atoms with Gasteiger partial charge in [0.05, 0.1) is 13.2 Å². The number of hydrogen-bond donors (Lipinski definition) is 10. The highest BCUT2D eigenvalue weighted by Crippen LogP contribution is 2.20. The first-order valence-electron chi connectivity index (χ1n) is 26.1. The van der Waals surface area contributed by atoms with Gasteiger partial charge in [-0.1, -0.05) is 111 Å². The van der Waals surface area contributed by atoms with E-state index < -0.39 is 37.3 Å². The number of amides is 7. The minimum absolute atomic E-state index is 0.0101. The Morgan fingerprint density at radius 2 is 0.918 bits per heavy atom. The Labute approximate surface area is 442 Å². The Balaban J connectivity index is -0.000000183. The van der Waals surface area contributed by atoms with Crippen LogP contribution in [0.4, 0.5) is 0 Å². The van der Waals surface area contributed by atoms with Crippen LogP contribution in [0.1, 0.15) is 138 Å². The van der Waals surface area contributed by atoms with Crippen LogP contribution in [0.25, 0.3) is 0 Å². The summed E-state index contributed by atoms with van der Waals surface area (Å²) in [5, 5.41) is 59.2. The molecule has 0 aromatic rings. The number of likely N-dealkylation sites (N-methyl/N-ethyl adjacent to an activating group) is 1. The number of aliphatic hydroxyl groups is 5. The van der Waals surface area contributed by atoms with Crippen molar-refractivity contribution in [3.05, 3.63) is 0 Å². The van der Waals surface area contributed by atoms with Crippen molar-refractivity contribution in [3.63, 3.8) is 0 Å². The maximum atomic E-state index is 11.4. The van der Waals surface area contributed by atoms with Crippen molar-refractivity contribution in [2.75, 3.05) is 80.2 Å². The Morgan fingerprint density at radius 1 is 0.521 bits per heavy atom. The molecule has 0 saturated carbocycles. The summed E-state index contributed by atoms with van der Waals surface area (Å²) >= 11 is 0. The molecule has 436 valence electrons. The molecule has 1 rings (SSSR count). The van der Waals surface area contributed by atoms with Gasteiger partial charge in [0.1, 0.15) is 24.4 Å². The fourth-order valence-electron chi connectivity index (χ4n) is 5.20. The van der Waals surface area contributed by atoms with E-state index in [0.717, 1.165) is 39.3 Å². The zero-order valence-corrected chi connectivity index (χ0v) is 49.7.